The summed E-state index contributed by atoms with van der Waals surface area (Å²) in [5, 5.41) is 23.8. The number of carbonyl (C=O) groups is 1. The van der Waals surface area contributed by atoms with E-state index in [1.165, 1.54) is 12.1 Å². The molecule has 6 nitrogen and oxygen atoms in total. The fourth-order valence-corrected chi connectivity index (χ4v) is 2.48. The Kier molecular flexibility index (Phi) is 5.65. The third-order valence-corrected chi connectivity index (χ3v) is 3.88. The van der Waals surface area contributed by atoms with E-state index in [1.807, 2.05) is 27.7 Å². The summed E-state index contributed by atoms with van der Waals surface area (Å²) in [5.41, 5.74) is 0.0590. The van der Waals surface area contributed by atoms with Crippen molar-refractivity contribution in [1.82, 2.24) is 5.32 Å². The first-order valence-corrected chi connectivity index (χ1v) is 7.28. The third kappa shape index (κ3) is 4.04. The molecule has 1 aromatic carbocycles. The van der Waals surface area contributed by atoms with Crippen LogP contribution in [0.1, 0.15) is 43.6 Å². The zero-order chi connectivity index (χ0) is 17.1. The summed E-state index contributed by atoms with van der Waals surface area (Å²) in [6.07, 6.45) is -0.556. The SMILES string of the molecule is Cc1c(C(=O)NCC(C)(C)C(O)C(C)C)cccc1[N+](=O)[O-]. The number of aliphatic hydroxyl groups excluding tert-OH is 1. The summed E-state index contributed by atoms with van der Waals surface area (Å²) in [7, 11) is 0. The number of amides is 1. The van der Waals surface area contributed by atoms with Gasteiger partial charge in [0.2, 0.25) is 0 Å². The van der Waals surface area contributed by atoms with E-state index in [9.17, 15) is 20.0 Å². The maximum atomic E-state index is 12.3. The Balaban J connectivity index is 2.87. The predicted octanol–water partition coefficient (Wildman–Crippen LogP) is 2.68. The average Bonchev–Trinajstić information content (AvgIpc) is 2.43. The van der Waals surface area contributed by atoms with Crippen LogP contribution >= 0.6 is 0 Å². The normalized spacial score (nSPS) is 13.0. The lowest BCUT2D eigenvalue weighted by molar-refractivity contribution is -0.385. The molecule has 0 heterocycles. The van der Waals surface area contributed by atoms with Crippen LogP contribution in [0.15, 0.2) is 18.2 Å². The summed E-state index contributed by atoms with van der Waals surface area (Å²) in [5.74, 6) is -0.295. The van der Waals surface area contributed by atoms with Crippen LogP contribution in [-0.4, -0.2) is 28.6 Å². The van der Waals surface area contributed by atoms with Crippen molar-refractivity contribution in [2.24, 2.45) is 11.3 Å². The Morgan fingerprint density at radius 1 is 1.41 bits per heavy atom. The van der Waals surface area contributed by atoms with Crippen LogP contribution < -0.4 is 5.32 Å². The van der Waals surface area contributed by atoms with Crippen molar-refractivity contribution < 1.29 is 14.8 Å². The third-order valence-electron chi connectivity index (χ3n) is 3.88. The van der Waals surface area contributed by atoms with Gasteiger partial charge in [0.15, 0.2) is 0 Å². The van der Waals surface area contributed by atoms with Crippen molar-refractivity contribution in [2.45, 2.75) is 40.7 Å². The van der Waals surface area contributed by atoms with E-state index >= 15 is 0 Å². The number of hydrogen-bond donors (Lipinski definition) is 2. The van der Waals surface area contributed by atoms with Crippen LogP contribution in [0.2, 0.25) is 0 Å². The highest BCUT2D eigenvalue weighted by Crippen LogP contribution is 2.26. The molecule has 0 saturated carbocycles. The van der Waals surface area contributed by atoms with Gasteiger partial charge in [0.05, 0.1) is 11.0 Å². The van der Waals surface area contributed by atoms with Crippen LogP contribution in [0.4, 0.5) is 5.69 Å². The van der Waals surface area contributed by atoms with Crippen molar-refractivity contribution in [2.75, 3.05) is 6.54 Å². The van der Waals surface area contributed by atoms with Crippen molar-refractivity contribution in [3.8, 4) is 0 Å². The summed E-state index contributed by atoms with van der Waals surface area (Å²) < 4.78 is 0. The van der Waals surface area contributed by atoms with Gasteiger partial charge >= 0.3 is 0 Å². The molecule has 1 amide bonds. The summed E-state index contributed by atoms with van der Waals surface area (Å²) in [6, 6.07) is 4.43. The fraction of sp³-hybridized carbons (Fsp3) is 0.562. The molecule has 1 atom stereocenters. The molecular formula is C16H24N2O4. The van der Waals surface area contributed by atoms with Crippen molar-refractivity contribution in [1.29, 1.82) is 0 Å². The molecule has 1 aromatic rings. The van der Waals surface area contributed by atoms with Gasteiger partial charge in [-0.25, -0.2) is 0 Å². The molecule has 0 radical (unpaired) electrons. The fourth-order valence-electron chi connectivity index (χ4n) is 2.48. The maximum Gasteiger partial charge on any atom is 0.273 e. The molecule has 122 valence electrons. The van der Waals surface area contributed by atoms with E-state index in [1.54, 1.807) is 13.0 Å². The monoisotopic (exact) mass is 308 g/mol. The van der Waals surface area contributed by atoms with Gasteiger partial charge < -0.3 is 10.4 Å². The molecule has 0 aliphatic carbocycles. The summed E-state index contributed by atoms with van der Waals surface area (Å²) >= 11 is 0. The Hall–Kier alpha value is -1.95. The second kappa shape index (κ2) is 6.87. The van der Waals surface area contributed by atoms with Gasteiger partial charge in [0, 0.05) is 29.2 Å². The van der Waals surface area contributed by atoms with Gasteiger partial charge in [-0.2, -0.15) is 0 Å². The first-order chi connectivity index (χ1) is 10.1. The number of nitrogens with zero attached hydrogens (tertiary/aromatic N) is 1. The zero-order valence-corrected chi connectivity index (χ0v) is 13.7. The van der Waals surface area contributed by atoms with E-state index in [-0.39, 0.29) is 29.6 Å². The van der Waals surface area contributed by atoms with E-state index in [0.29, 0.717) is 5.56 Å². The predicted molar refractivity (Wildman–Crippen MR) is 84.8 cm³/mol. The van der Waals surface area contributed by atoms with E-state index in [0.717, 1.165) is 0 Å². The molecule has 0 aromatic heterocycles. The summed E-state index contributed by atoms with van der Waals surface area (Å²) in [6.45, 7) is 9.42. The van der Waals surface area contributed by atoms with E-state index in [2.05, 4.69) is 5.32 Å². The van der Waals surface area contributed by atoms with Crippen molar-refractivity contribution in [3.05, 3.63) is 39.4 Å². The Labute approximate surface area is 130 Å². The number of benzene rings is 1. The first kappa shape index (κ1) is 18.1. The molecular weight excluding hydrogens is 284 g/mol. The number of hydrogen-bond acceptors (Lipinski definition) is 4. The van der Waals surface area contributed by atoms with E-state index in [4.69, 9.17) is 0 Å². The number of nitro benzene ring substituents is 1. The molecule has 2 N–H and O–H groups in total. The Morgan fingerprint density at radius 3 is 2.50 bits per heavy atom. The van der Waals surface area contributed by atoms with Crippen LogP contribution in [-0.2, 0) is 0 Å². The molecule has 0 spiro atoms. The lowest BCUT2D eigenvalue weighted by atomic mass is 9.80. The van der Waals surface area contributed by atoms with Gasteiger partial charge in [0.25, 0.3) is 11.6 Å². The smallest absolute Gasteiger partial charge is 0.273 e. The molecule has 0 saturated heterocycles. The first-order valence-electron chi connectivity index (χ1n) is 7.28. The molecule has 0 aliphatic heterocycles. The minimum atomic E-state index is -0.556. The molecule has 1 rings (SSSR count). The number of rotatable bonds is 6. The Bertz CT molecular complexity index is 567. The lowest BCUT2D eigenvalue weighted by Crippen LogP contribution is -2.43. The topological polar surface area (TPSA) is 92.5 Å². The minimum absolute atomic E-state index is 0.0749. The zero-order valence-electron chi connectivity index (χ0n) is 13.7. The van der Waals surface area contributed by atoms with Crippen LogP contribution in [0.5, 0.6) is 0 Å². The van der Waals surface area contributed by atoms with Gasteiger partial charge in [-0.15, -0.1) is 0 Å². The van der Waals surface area contributed by atoms with E-state index < -0.39 is 16.4 Å². The molecule has 0 aliphatic rings. The number of carbonyl (C=O) groups excluding carboxylic acids is 1. The van der Waals surface area contributed by atoms with Gasteiger partial charge in [-0.1, -0.05) is 33.8 Å². The minimum Gasteiger partial charge on any atom is -0.392 e. The van der Waals surface area contributed by atoms with Crippen LogP contribution in [0.3, 0.4) is 0 Å². The second-order valence-corrected chi connectivity index (χ2v) is 6.57. The Morgan fingerprint density at radius 2 is 2.00 bits per heavy atom. The highest BCUT2D eigenvalue weighted by Gasteiger charge is 2.31. The van der Waals surface area contributed by atoms with Gasteiger partial charge in [-0.3, -0.25) is 14.9 Å². The largest absolute Gasteiger partial charge is 0.392 e. The molecule has 22 heavy (non-hydrogen) atoms. The summed E-state index contributed by atoms with van der Waals surface area (Å²) in [4.78, 5) is 22.7. The van der Waals surface area contributed by atoms with Gasteiger partial charge in [-0.05, 0) is 18.9 Å². The maximum absolute atomic E-state index is 12.3. The lowest BCUT2D eigenvalue weighted by Gasteiger charge is -2.33. The standard InChI is InChI=1S/C16H24N2O4/c1-10(2)14(19)16(4,5)9-17-15(20)12-7-6-8-13(11(12)3)18(21)22/h6-8,10,14,19H,9H2,1-5H3,(H,17,20). The molecule has 0 fully saturated rings. The molecule has 1 unspecified atom stereocenters. The van der Waals surface area contributed by atoms with Crippen molar-refractivity contribution in [3.63, 3.8) is 0 Å². The highest BCUT2D eigenvalue weighted by atomic mass is 16.6. The van der Waals surface area contributed by atoms with Crippen molar-refractivity contribution >= 4 is 11.6 Å². The highest BCUT2D eigenvalue weighted by molar-refractivity contribution is 5.96. The quantitative estimate of drug-likeness (QED) is 0.624. The van der Waals surface area contributed by atoms with Crippen LogP contribution in [0, 0.1) is 28.4 Å². The second-order valence-electron chi connectivity index (χ2n) is 6.57. The molecule has 6 heteroatoms. The molecule has 0 bridgehead atoms. The van der Waals surface area contributed by atoms with Gasteiger partial charge in [0.1, 0.15) is 0 Å². The average molecular weight is 308 g/mol. The number of nitrogens with one attached hydrogen (secondary N) is 1. The van der Waals surface area contributed by atoms with Crippen LogP contribution in [0.25, 0.3) is 0 Å². The number of nitro groups is 1. The number of aliphatic hydroxyl groups is 1.